The van der Waals surface area contributed by atoms with Crippen LogP contribution in [0.15, 0.2) is 66.7 Å². The van der Waals surface area contributed by atoms with Crippen LogP contribution in [0.2, 0.25) is 0 Å². The molecule has 7 heteroatoms. The van der Waals surface area contributed by atoms with E-state index in [-0.39, 0.29) is 18.9 Å². The molecule has 0 saturated heterocycles. The van der Waals surface area contributed by atoms with Crippen molar-refractivity contribution in [3.8, 4) is 17.2 Å². The molecule has 0 aliphatic carbocycles. The van der Waals surface area contributed by atoms with Crippen LogP contribution in [0.1, 0.15) is 48.2 Å². The summed E-state index contributed by atoms with van der Waals surface area (Å²) < 4.78 is 16.8. The molecule has 7 nitrogen and oxygen atoms in total. The molecule has 0 aliphatic rings. The highest BCUT2D eigenvalue weighted by Gasteiger charge is 2.15. The van der Waals surface area contributed by atoms with Crippen molar-refractivity contribution in [3.05, 3.63) is 83.4 Å². The number of hydrogen-bond acceptors (Lipinski definition) is 5. The Bertz CT molecular complexity index is 1140. The molecule has 2 N–H and O–H groups in total. The Balaban J connectivity index is 1.58. The Morgan fingerprint density at radius 3 is 2.19 bits per heavy atom. The fraction of sp³-hybridized carbons (Fsp3) is 0.310. The third kappa shape index (κ3) is 8.34. The molecule has 0 saturated carbocycles. The summed E-state index contributed by atoms with van der Waals surface area (Å²) in [7, 11) is 1.52. The van der Waals surface area contributed by atoms with Gasteiger partial charge in [-0.25, -0.2) is 0 Å². The summed E-state index contributed by atoms with van der Waals surface area (Å²) in [6.07, 6.45) is 1.39. The fourth-order valence-corrected chi connectivity index (χ4v) is 3.59. The number of aliphatic carboxylic acids is 1. The van der Waals surface area contributed by atoms with Crippen LogP contribution in [0.25, 0.3) is 0 Å². The standard InChI is InChI=1S/C29H33NO6/c1-20(2)17-21-6-8-22(9-7-21)19-36-24-12-10-23(11-13-24)30-29(33)26-18-25(34-3)14-15-27(26)35-16-4-5-28(31)32/h6-15,18,20H,4-5,16-17,19H2,1-3H3,(H,30,33)(H,31,32). The van der Waals surface area contributed by atoms with Gasteiger partial charge in [0.15, 0.2) is 0 Å². The van der Waals surface area contributed by atoms with Gasteiger partial charge in [0.25, 0.3) is 5.91 Å². The molecule has 0 heterocycles. The second-order valence-corrected chi connectivity index (χ2v) is 8.89. The number of methoxy groups -OCH3 is 1. The normalized spacial score (nSPS) is 10.7. The highest BCUT2D eigenvalue weighted by atomic mass is 16.5. The minimum atomic E-state index is -0.890. The van der Waals surface area contributed by atoms with Gasteiger partial charge in [0, 0.05) is 12.1 Å². The van der Waals surface area contributed by atoms with Gasteiger partial charge in [-0.15, -0.1) is 0 Å². The first-order valence-corrected chi connectivity index (χ1v) is 12.0. The maximum Gasteiger partial charge on any atom is 0.303 e. The monoisotopic (exact) mass is 491 g/mol. The van der Waals surface area contributed by atoms with Gasteiger partial charge in [0.1, 0.15) is 23.9 Å². The first kappa shape index (κ1) is 26.6. The molecule has 0 spiro atoms. The number of amides is 1. The molecule has 0 atom stereocenters. The van der Waals surface area contributed by atoms with Crippen molar-refractivity contribution >= 4 is 17.6 Å². The van der Waals surface area contributed by atoms with Crippen LogP contribution in [0.5, 0.6) is 17.2 Å². The number of nitrogens with one attached hydrogen (secondary N) is 1. The van der Waals surface area contributed by atoms with Crippen LogP contribution in [-0.4, -0.2) is 30.7 Å². The van der Waals surface area contributed by atoms with Gasteiger partial charge in [0.05, 0.1) is 19.3 Å². The highest BCUT2D eigenvalue weighted by molar-refractivity contribution is 6.06. The molecule has 0 bridgehead atoms. The van der Waals surface area contributed by atoms with E-state index in [0.29, 0.717) is 47.4 Å². The van der Waals surface area contributed by atoms with Crippen LogP contribution in [0, 0.1) is 5.92 Å². The number of anilines is 1. The smallest absolute Gasteiger partial charge is 0.303 e. The lowest BCUT2D eigenvalue weighted by Crippen LogP contribution is -2.14. The summed E-state index contributed by atoms with van der Waals surface area (Å²) in [5.41, 5.74) is 3.31. The number of rotatable bonds is 13. The zero-order valence-corrected chi connectivity index (χ0v) is 21.0. The molecule has 0 aromatic heterocycles. The van der Waals surface area contributed by atoms with Crippen molar-refractivity contribution in [3.63, 3.8) is 0 Å². The van der Waals surface area contributed by atoms with E-state index in [4.69, 9.17) is 19.3 Å². The first-order valence-electron chi connectivity index (χ1n) is 12.0. The second-order valence-electron chi connectivity index (χ2n) is 8.89. The van der Waals surface area contributed by atoms with E-state index in [1.54, 1.807) is 42.5 Å². The van der Waals surface area contributed by atoms with Gasteiger partial charge in [-0.05, 0) is 72.4 Å². The van der Waals surface area contributed by atoms with Crippen LogP contribution >= 0.6 is 0 Å². The van der Waals surface area contributed by atoms with Gasteiger partial charge in [-0.1, -0.05) is 38.1 Å². The van der Waals surface area contributed by atoms with E-state index >= 15 is 0 Å². The Kier molecular flexibility index (Phi) is 9.74. The summed E-state index contributed by atoms with van der Waals surface area (Å²) in [6.45, 7) is 5.06. The molecule has 36 heavy (non-hydrogen) atoms. The van der Waals surface area contributed by atoms with E-state index in [2.05, 4.69) is 43.4 Å². The van der Waals surface area contributed by atoms with Crippen molar-refractivity contribution in [1.29, 1.82) is 0 Å². The lowest BCUT2D eigenvalue weighted by atomic mass is 10.0. The average Bonchev–Trinajstić information content (AvgIpc) is 2.86. The maximum atomic E-state index is 13.0. The quantitative estimate of drug-likeness (QED) is 0.286. The van der Waals surface area contributed by atoms with Gasteiger partial charge < -0.3 is 24.6 Å². The Morgan fingerprint density at radius 2 is 1.56 bits per heavy atom. The zero-order chi connectivity index (χ0) is 25.9. The molecular formula is C29H33NO6. The Labute approximate surface area is 212 Å². The summed E-state index contributed by atoms with van der Waals surface area (Å²) in [6, 6.07) is 20.5. The SMILES string of the molecule is COc1ccc(OCCCC(=O)O)c(C(=O)Nc2ccc(OCc3ccc(CC(C)C)cc3)cc2)c1. The molecule has 0 unspecified atom stereocenters. The minimum absolute atomic E-state index is 0.00442. The molecule has 3 aromatic carbocycles. The molecular weight excluding hydrogens is 458 g/mol. The van der Waals surface area contributed by atoms with Crippen molar-refractivity contribution in [2.24, 2.45) is 5.92 Å². The van der Waals surface area contributed by atoms with Gasteiger partial charge >= 0.3 is 5.97 Å². The van der Waals surface area contributed by atoms with Gasteiger partial charge in [-0.2, -0.15) is 0 Å². The van der Waals surface area contributed by atoms with Crippen LogP contribution < -0.4 is 19.5 Å². The van der Waals surface area contributed by atoms with E-state index in [1.165, 1.54) is 12.7 Å². The number of carboxylic acids is 1. The Hall–Kier alpha value is -4.00. The fourth-order valence-electron chi connectivity index (χ4n) is 3.59. The average molecular weight is 492 g/mol. The molecule has 3 aromatic rings. The highest BCUT2D eigenvalue weighted by Crippen LogP contribution is 2.26. The minimum Gasteiger partial charge on any atom is -0.497 e. The predicted octanol–water partition coefficient (Wildman–Crippen LogP) is 5.97. The number of carboxylic acid groups (broad SMARTS) is 1. The van der Waals surface area contributed by atoms with Gasteiger partial charge in [0.2, 0.25) is 0 Å². The van der Waals surface area contributed by atoms with Crippen LogP contribution in [0.4, 0.5) is 5.69 Å². The second kappa shape index (κ2) is 13.2. The van der Waals surface area contributed by atoms with E-state index in [0.717, 1.165) is 12.0 Å². The largest absolute Gasteiger partial charge is 0.497 e. The molecule has 0 fully saturated rings. The van der Waals surface area contributed by atoms with Crippen molar-refractivity contribution < 1.29 is 28.9 Å². The van der Waals surface area contributed by atoms with E-state index < -0.39 is 5.97 Å². The lowest BCUT2D eigenvalue weighted by molar-refractivity contribution is -0.137. The van der Waals surface area contributed by atoms with Crippen molar-refractivity contribution in [2.45, 2.75) is 39.7 Å². The number of ether oxygens (including phenoxy) is 3. The third-order valence-corrected chi connectivity index (χ3v) is 5.41. The first-order chi connectivity index (χ1) is 17.3. The van der Waals surface area contributed by atoms with E-state index in [1.807, 2.05) is 0 Å². The summed E-state index contributed by atoms with van der Waals surface area (Å²) in [4.78, 5) is 23.7. The van der Waals surface area contributed by atoms with Gasteiger partial charge in [-0.3, -0.25) is 9.59 Å². The topological polar surface area (TPSA) is 94.1 Å². The molecule has 0 aliphatic heterocycles. The Morgan fingerprint density at radius 1 is 0.889 bits per heavy atom. The summed E-state index contributed by atoms with van der Waals surface area (Å²) in [5, 5.41) is 11.6. The van der Waals surface area contributed by atoms with Crippen LogP contribution in [-0.2, 0) is 17.8 Å². The molecule has 1 amide bonds. The number of carbonyl (C=O) groups excluding carboxylic acids is 1. The number of carbonyl (C=O) groups is 2. The molecule has 0 radical (unpaired) electrons. The molecule has 3 rings (SSSR count). The van der Waals surface area contributed by atoms with Crippen LogP contribution in [0.3, 0.4) is 0 Å². The zero-order valence-electron chi connectivity index (χ0n) is 21.0. The maximum absolute atomic E-state index is 13.0. The number of hydrogen-bond donors (Lipinski definition) is 2. The summed E-state index contributed by atoms with van der Waals surface area (Å²) >= 11 is 0. The molecule has 190 valence electrons. The predicted molar refractivity (Wildman–Crippen MR) is 139 cm³/mol. The summed E-state index contributed by atoms with van der Waals surface area (Å²) in [5.74, 6) is 0.939. The van der Waals surface area contributed by atoms with Crippen molar-refractivity contribution in [1.82, 2.24) is 0 Å². The lowest BCUT2D eigenvalue weighted by Gasteiger charge is -2.13. The third-order valence-electron chi connectivity index (χ3n) is 5.41. The van der Waals surface area contributed by atoms with Crippen molar-refractivity contribution in [2.75, 3.05) is 19.0 Å². The number of benzene rings is 3. The van der Waals surface area contributed by atoms with E-state index in [9.17, 15) is 9.59 Å².